The number of esters is 1. The van der Waals surface area contributed by atoms with Crippen LogP contribution in [0.5, 0.6) is 0 Å². The standard InChI is InChI=1S/C16H17ClN2O2/c1-11(12-3-6-14(17)7-4-12)18-10-15-8-5-13(9-19-15)16(20)21-2/h3-9,11,18H,10H2,1-2H3. The zero-order valence-corrected chi connectivity index (χ0v) is 12.7. The molecular weight excluding hydrogens is 288 g/mol. The summed E-state index contributed by atoms with van der Waals surface area (Å²) in [7, 11) is 1.35. The lowest BCUT2D eigenvalue weighted by Gasteiger charge is -2.14. The minimum Gasteiger partial charge on any atom is -0.465 e. The molecule has 0 aliphatic rings. The van der Waals surface area contributed by atoms with Crippen LogP contribution in [0, 0.1) is 0 Å². The first-order chi connectivity index (χ1) is 10.1. The monoisotopic (exact) mass is 304 g/mol. The van der Waals surface area contributed by atoms with E-state index in [-0.39, 0.29) is 12.0 Å². The Balaban J connectivity index is 1.93. The van der Waals surface area contributed by atoms with Crippen LogP contribution in [-0.4, -0.2) is 18.1 Å². The molecular formula is C16H17ClN2O2. The third-order valence-corrected chi connectivity index (χ3v) is 3.46. The average Bonchev–Trinajstić information content (AvgIpc) is 2.53. The van der Waals surface area contributed by atoms with Gasteiger partial charge in [-0.15, -0.1) is 0 Å². The van der Waals surface area contributed by atoms with Gasteiger partial charge in [0, 0.05) is 23.8 Å². The van der Waals surface area contributed by atoms with Crippen LogP contribution in [0.1, 0.15) is 34.6 Å². The largest absolute Gasteiger partial charge is 0.465 e. The van der Waals surface area contributed by atoms with E-state index in [4.69, 9.17) is 11.6 Å². The van der Waals surface area contributed by atoms with Gasteiger partial charge in [-0.25, -0.2) is 4.79 Å². The molecule has 4 nitrogen and oxygen atoms in total. The molecule has 0 saturated carbocycles. The van der Waals surface area contributed by atoms with Crippen molar-refractivity contribution in [3.8, 4) is 0 Å². The number of carbonyl (C=O) groups is 1. The molecule has 5 heteroatoms. The van der Waals surface area contributed by atoms with Gasteiger partial charge in [0.2, 0.25) is 0 Å². The molecule has 0 fully saturated rings. The molecule has 21 heavy (non-hydrogen) atoms. The van der Waals surface area contributed by atoms with Crippen LogP contribution in [0.2, 0.25) is 5.02 Å². The van der Waals surface area contributed by atoms with Gasteiger partial charge in [0.25, 0.3) is 0 Å². The van der Waals surface area contributed by atoms with E-state index in [9.17, 15) is 4.79 Å². The summed E-state index contributed by atoms with van der Waals surface area (Å²) in [6, 6.07) is 11.4. The van der Waals surface area contributed by atoms with Crippen molar-refractivity contribution < 1.29 is 9.53 Å². The fraction of sp³-hybridized carbons (Fsp3) is 0.250. The number of halogens is 1. The highest BCUT2D eigenvalue weighted by atomic mass is 35.5. The molecule has 2 aromatic rings. The van der Waals surface area contributed by atoms with E-state index in [2.05, 4.69) is 22.0 Å². The Bertz CT molecular complexity index is 597. The molecule has 1 heterocycles. The van der Waals surface area contributed by atoms with Gasteiger partial charge < -0.3 is 10.1 Å². The number of ether oxygens (including phenoxy) is 1. The van der Waals surface area contributed by atoms with Gasteiger partial charge in [0.05, 0.1) is 18.4 Å². The Kier molecular flexibility index (Phi) is 5.31. The van der Waals surface area contributed by atoms with Gasteiger partial charge in [0.1, 0.15) is 0 Å². The molecule has 0 spiro atoms. The third kappa shape index (κ3) is 4.28. The fourth-order valence-corrected chi connectivity index (χ4v) is 2.02. The van der Waals surface area contributed by atoms with Gasteiger partial charge in [-0.1, -0.05) is 23.7 Å². The van der Waals surface area contributed by atoms with Crippen molar-refractivity contribution >= 4 is 17.6 Å². The molecule has 0 bridgehead atoms. The first kappa shape index (κ1) is 15.5. The van der Waals surface area contributed by atoms with E-state index in [0.717, 1.165) is 16.3 Å². The quantitative estimate of drug-likeness (QED) is 0.861. The van der Waals surface area contributed by atoms with Gasteiger partial charge >= 0.3 is 5.97 Å². The Morgan fingerprint density at radius 3 is 2.57 bits per heavy atom. The number of methoxy groups -OCH3 is 1. The van der Waals surface area contributed by atoms with E-state index in [1.807, 2.05) is 30.3 Å². The van der Waals surface area contributed by atoms with Crippen LogP contribution in [0.4, 0.5) is 0 Å². The summed E-state index contributed by atoms with van der Waals surface area (Å²) in [6.45, 7) is 2.69. The minimum absolute atomic E-state index is 0.185. The molecule has 2 rings (SSSR count). The van der Waals surface area contributed by atoms with Crippen LogP contribution in [0.3, 0.4) is 0 Å². The first-order valence-corrected chi connectivity index (χ1v) is 7.00. The number of carbonyl (C=O) groups excluding carboxylic acids is 1. The topological polar surface area (TPSA) is 51.2 Å². The summed E-state index contributed by atoms with van der Waals surface area (Å²) in [5.74, 6) is -0.378. The third-order valence-electron chi connectivity index (χ3n) is 3.21. The summed E-state index contributed by atoms with van der Waals surface area (Å²) >= 11 is 5.87. The Morgan fingerprint density at radius 2 is 2.00 bits per heavy atom. The number of aromatic nitrogens is 1. The molecule has 0 aliphatic carbocycles. The van der Waals surface area contributed by atoms with Crippen LogP contribution < -0.4 is 5.32 Å². The van der Waals surface area contributed by atoms with E-state index in [0.29, 0.717) is 12.1 Å². The zero-order chi connectivity index (χ0) is 15.2. The molecule has 0 aliphatic heterocycles. The predicted octanol–water partition coefficient (Wildman–Crippen LogP) is 3.37. The predicted molar refractivity (Wildman–Crippen MR) is 82.3 cm³/mol. The van der Waals surface area contributed by atoms with Crippen LogP contribution >= 0.6 is 11.6 Å². The Morgan fingerprint density at radius 1 is 1.29 bits per heavy atom. The fourth-order valence-electron chi connectivity index (χ4n) is 1.89. The maximum atomic E-state index is 11.3. The molecule has 1 aromatic heterocycles. The second kappa shape index (κ2) is 7.20. The van der Waals surface area contributed by atoms with Crippen molar-refractivity contribution in [2.75, 3.05) is 7.11 Å². The van der Waals surface area contributed by atoms with E-state index in [1.165, 1.54) is 13.3 Å². The molecule has 0 saturated heterocycles. The van der Waals surface area contributed by atoms with Crippen molar-refractivity contribution in [1.82, 2.24) is 10.3 Å². The van der Waals surface area contributed by atoms with Crippen molar-refractivity contribution in [1.29, 1.82) is 0 Å². The van der Waals surface area contributed by atoms with Gasteiger partial charge in [0.15, 0.2) is 0 Å². The lowest BCUT2D eigenvalue weighted by atomic mass is 10.1. The van der Waals surface area contributed by atoms with Crippen molar-refractivity contribution in [2.24, 2.45) is 0 Å². The maximum Gasteiger partial charge on any atom is 0.339 e. The van der Waals surface area contributed by atoms with E-state index < -0.39 is 0 Å². The number of nitrogens with zero attached hydrogens (tertiary/aromatic N) is 1. The second-order valence-corrected chi connectivity index (χ2v) is 5.12. The highest BCUT2D eigenvalue weighted by Gasteiger charge is 2.07. The van der Waals surface area contributed by atoms with Gasteiger partial charge in [-0.3, -0.25) is 4.98 Å². The molecule has 1 N–H and O–H groups in total. The lowest BCUT2D eigenvalue weighted by Crippen LogP contribution is -2.18. The summed E-state index contributed by atoms with van der Waals surface area (Å²) in [6.07, 6.45) is 1.52. The highest BCUT2D eigenvalue weighted by molar-refractivity contribution is 6.30. The van der Waals surface area contributed by atoms with Gasteiger partial charge in [-0.2, -0.15) is 0 Å². The van der Waals surface area contributed by atoms with E-state index in [1.54, 1.807) is 6.07 Å². The average molecular weight is 305 g/mol. The summed E-state index contributed by atoms with van der Waals surface area (Å²) in [5.41, 5.74) is 2.47. The maximum absolute atomic E-state index is 11.3. The number of hydrogen-bond acceptors (Lipinski definition) is 4. The highest BCUT2D eigenvalue weighted by Crippen LogP contribution is 2.16. The number of pyridine rings is 1. The summed E-state index contributed by atoms with van der Waals surface area (Å²) in [4.78, 5) is 15.6. The van der Waals surface area contributed by atoms with Crippen molar-refractivity contribution in [3.05, 3.63) is 64.4 Å². The number of hydrogen-bond donors (Lipinski definition) is 1. The molecule has 0 amide bonds. The van der Waals surface area contributed by atoms with Crippen LogP contribution in [0.15, 0.2) is 42.6 Å². The molecule has 0 radical (unpaired) electrons. The summed E-state index contributed by atoms with van der Waals surface area (Å²) < 4.78 is 4.64. The van der Waals surface area contributed by atoms with Crippen LogP contribution in [-0.2, 0) is 11.3 Å². The Hall–Kier alpha value is -1.91. The van der Waals surface area contributed by atoms with E-state index >= 15 is 0 Å². The molecule has 1 atom stereocenters. The first-order valence-electron chi connectivity index (χ1n) is 6.62. The lowest BCUT2D eigenvalue weighted by molar-refractivity contribution is 0.0600. The SMILES string of the molecule is COC(=O)c1ccc(CNC(C)c2ccc(Cl)cc2)nc1. The minimum atomic E-state index is -0.378. The second-order valence-electron chi connectivity index (χ2n) is 4.68. The molecule has 1 unspecified atom stereocenters. The smallest absolute Gasteiger partial charge is 0.339 e. The molecule has 110 valence electrons. The zero-order valence-electron chi connectivity index (χ0n) is 12.0. The molecule has 1 aromatic carbocycles. The Labute approximate surface area is 129 Å². The number of rotatable bonds is 5. The van der Waals surface area contributed by atoms with Gasteiger partial charge in [-0.05, 0) is 36.8 Å². The summed E-state index contributed by atoms with van der Waals surface area (Å²) in [5, 5.41) is 4.10. The number of nitrogens with one attached hydrogen (secondary N) is 1. The number of benzene rings is 1. The van der Waals surface area contributed by atoms with Crippen molar-refractivity contribution in [2.45, 2.75) is 19.5 Å². The normalized spacial score (nSPS) is 12.0. The van der Waals surface area contributed by atoms with Crippen molar-refractivity contribution in [3.63, 3.8) is 0 Å². The van der Waals surface area contributed by atoms with Crippen LogP contribution in [0.25, 0.3) is 0 Å².